The predicted molar refractivity (Wildman–Crippen MR) is 122 cm³/mol. The van der Waals surface area contributed by atoms with E-state index in [1.165, 1.54) is 26.4 Å². The molecule has 33 heavy (non-hydrogen) atoms. The molecule has 0 unspecified atom stereocenters. The molecule has 0 fully saturated rings. The highest BCUT2D eigenvalue weighted by Gasteiger charge is 2.18. The molecule has 0 spiro atoms. The van der Waals surface area contributed by atoms with Gasteiger partial charge in [-0.25, -0.2) is 0 Å². The molecule has 9 heteroatoms. The summed E-state index contributed by atoms with van der Waals surface area (Å²) in [5.41, 5.74) is 5.95. The molecule has 0 heterocycles. The van der Waals surface area contributed by atoms with Gasteiger partial charge in [-0.1, -0.05) is 12.1 Å². The second-order valence-electron chi connectivity index (χ2n) is 6.70. The molecule has 0 radical (unpaired) electrons. The second kappa shape index (κ2) is 10.8. The number of ether oxygens (including phenoxy) is 5. The number of rotatable bonds is 10. The van der Waals surface area contributed by atoms with Crippen LogP contribution in [0.5, 0.6) is 34.5 Å². The number of nitrogens with two attached hydrogens (primary N) is 1. The predicted octanol–water partition coefficient (Wildman–Crippen LogP) is 3.62. The summed E-state index contributed by atoms with van der Waals surface area (Å²) in [7, 11) is 4.39. The van der Waals surface area contributed by atoms with Gasteiger partial charge in [0.2, 0.25) is 5.75 Å². The molecule has 9 nitrogen and oxygen atoms in total. The van der Waals surface area contributed by atoms with Crippen LogP contribution >= 0.6 is 0 Å². The number of nitrogens with one attached hydrogen (secondary N) is 1. The number of hydrogen-bond donors (Lipinski definition) is 2. The number of carbonyl (C=O) groups excluding carboxylic acids is 2. The Morgan fingerprint density at radius 2 is 1.39 bits per heavy atom. The van der Waals surface area contributed by atoms with Crippen LogP contribution in [0.15, 0.2) is 60.7 Å². The quantitative estimate of drug-likeness (QED) is 0.482. The Balaban J connectivity index is 1.74. The zero-order chi connectivity index (χ0) is 23.8. The van der Waals surface area contributed by atoms with Crippen LogP contribution in [0.25, 0.3) is 0 Å². The van der Waals surface area contributed by atoms with Gasteiger partial charge in [0.1, 0.15) is 5.75 Å². The van der Waals surface area contributed by atoms with E-state index in [9.17, 15) is 9.59 Å². The van der Waals surface area contributed by atoms with E-state index in [4.69, 9.17) is 29.4 Å². The number of para-hydroxylation sites is 2. The maximum atomic E-state index is 12.8. The number of hydrogen-bond acceptors (Lipinski definition) is 7. The molecule has 0 aliphatic carbocycles. The maximum absolute atomic E-state index is 12.8. The van der Waals surface area contributed by atoms with Crippen molar-refractivity contribution in [3.8, 4) is 34.5 Å². The van der Waals surface area contributed by atoms with E-state index >= 15 is 0 Å². The van der Waals surface area contributed by atoms with E-state index in [0.29, 0.717) is 22.9 Å². The summed E-state index contributed by atoms with van der Waals surface area (Å²) >= 11 is 0. The van der Waals surface area contributed by atoms with E-state index in [1.54, 1.807) is 43.5 Å². The van der Waals surface area contributed by atoms with Crippen LogP contribution in [0.1, 0.15) is 10.4 Å². The molecular weight excluding hydrogens is 428 g/mol. The van der Waals surface area contributed by atoms with Gasteiger partial charge in [0.15, 0.2) is 29.6 Å². The molecule has 3 N–H and O–H groups in total. The molecule has 0 bridgehead atoms. The fourth-order valence-corrected chi connectivity index (χ4v) is 2.94. The molecule has 0 aliphatic heterocycles. The molecule has 0 saturated heterocycles. The van der Waals surface area contributed by atoms with Crippen molar-refractivity contribution in [2.24, 2.45) is 5.73 Å². The molecule has 3 rings (SSSR count). The van der Waals surface area contributed by atoms with Gasteiger partial charge < -0.3 is 34.7 Å². The summed E-state index contributed by atoms with van der Waals surface area (Å²) < 4.78 is 27.1. The van der Waals surface area contributed by atoms with E-state index < -0.39 is 11.8 Å². The van der Waals surface area contributed by atoms with Gasteiger partial charge in [0, 0.05) is 11.3 Å². The Bertz CT molecular complexity index is 1100. The van der Waals surface area contributed by atoms with Crippen LogP contribution in [0.2, 0.25) is 0 Å². The Morgan fingerprint density at radius 3 is 1.94 bits per heavy atom. The molecular formula is C24H24N2O7. The van der Waals surface area contributed by atoms with Gasteiger partial charge in [-0.2, -0.15) is 0 Å². The lowest BCUT2D eigenvalue weighted by Crippen LogP contribution is -2.20. The summed E-state index contributed by atoms with van der Waals surface area (Å²) in [6, 6.07) is 17.1. The van der Waals surface area contributed by atoms with E-state index in [2.05, 4.69) is 5.32 Å². The second-order valence-corrected chi connectivity index (χ2v) is 6.70. The number of anilines is 1. The highest BCUT2D eigenvalue weighted by Crippen LogP contribution is 2.39. The van der Waals surface area contributed by atoms with E-state index in [1.807, 2.05) is 12.1 Å². The maximum Gasteiger partial charge on any atom is 0.255 e. The van der Waals surface area contributed by atoms with Crippen molar-refractivity contribution in [2.75, 3.05) is 33.3 Å². The molecule has 0 aromatic heterocycles. The number of amides is 2. The highest BCUT2D eigenvalue weighted by atomic mass is 16.5. The monoisotopic (exact) mass is 452 g/mol. The summed E-state index contributed by atoms with van der Waals surface area (Å²) in [6.45, 7) is -0.360. The first kappa shape index (κ1) is 23.3. The van der Waals surface area contributed by atoms with Gasteiger partial charge in [-0.3, -0.25) is 9.59 Å². The van der Waals surface area contributed by atoms with Crippen molar-refractivity contribution in [2.45, 2.75) is 0 Å². The van der Waals surface area contributed by atoms with Gasteiger partial charge >= 0.3 is 0 Å². The fraction of sp³-hybridized carbons (Fsp3) is 0.167. The third kappa shape index (κ3) is 5.85. The van der Waals surface area contributed by atoms with Gasteiger partial charge in [-0.15, -0.1) is 0 Å². The van der Waals surface area contributed by atoms with E-state index in [0.717, 1.165) is 0 Å². The third-order valence-electron chi connectivity index (χ3n) is 4.49. The van der Waals surface area contributed by atoms with Crippen LogP contribution in [-0.2, 0) is 4.79 Å². The van der Waals surface area contributed by atoms with Crippen LogP contribution < -0.4 is 34.7 Å². The van der Waals surface area contributed by atoms with Crippen molar-refractivity contribution < 1.29 is 33.3 Å². The Morgan fingerprint density at radius 1 is 0.818 bits per heavy atom. The molecule has 0 atom stereocenters. The first-order valence-corrected chi connectivity index (χ1v) is 9.84. The third-order valence-corrected chi connectivity index (χ3v) is 4.49. The highest BCUT2D eigenvalue weighted by molar-refractivity contribution is 6.05. The number of methoxy groups -OCH3 is 3. The first-order valence-electron chi connectivity index (χ1n) is 9.84. The van der Waals surface area contributed by atoms with Crippen molar-refractivity contribution in [1.82, 2.24) is 0 Å². The largest absolute Gasteiger partial charge is 0.493 e. The normalized spacial score (nSPS) is 10.2. The van der Waals surface area contributed by atoms with Crippen LogP contribution in [-0.4, -0.2) is 39.8 Å². The topological polar surface area (TPSA) is 118 Å². The Kier molecular flexibility index (Phi) is 7.59. The molecule has 0 saturated carbocycles. The fourth-order valence-electron chi connectivity index (χ4n) is 2.94. The summed E-state index contributed by atoms with van der Waals surface area (Å²) in [6.07, 6.45) is 0. The number of carbonyl (C=O) groups is 2. The van der Waals surface area contributed by atoms with Crippen LogP contribution in [0.3, 0.4) is 0 Å². The van der Waals surface area contributed by atoms with Crippen molar-refractivity contribution in [3.63, 3.8) is 0 Å². The lowest BCUT2D eigenvalue weighted by atomic mass is 10.1. The minimum absolute atomic E-state index is 0.174. The van der Waals surface area contributed by atoms with Gasteiger partial charge in [0.05, 0.1) is 21.3 Å². The Labute approximate surface area is 191 Å². The zero-order valence-corrected chi connectivity index (χ0v) is 18.4. The summed E-state index contributed by atoms with van der Waals surface area (Å²) in [5, 5.41) is 2.80. The SMILES string of the molecule is COc1ccccc1Oc1ccc(NC(=O)c2cc(OC)c(OCC(N)=O)c(OC)c2)cc1. The molecule has 2 amide bonds. The Hall–Kier alpha value is -4.40. The van der Waals surface area contributed by atoms with Crippen LogP contribution in [0, 0.1) is 0 Å². The average Bonchev–Trinajstić information content (AvgIpc) is 2.83. The summed E-state index contributed by atoms with van der Waals surface area (Å²) in [5.74, 6) is 1.34. The van der Waals surface area contributed by atoms with Crippen molar-refractivity contribution in [1.29, 1.82) is 0 Å². The van der Waals surface area contributed by atoms with E-state index in [-0.39, 0.29) is 29.4 Å². The van der Waals surface area contributed by atoms with Crippen molar-refractivity contribution in [3.05, 3.63) is 66.2 Å². The minimum Gasteiger partial charge on any atom is -0.493 e. The average molecular weight is 452 g/mol. The van der Waals surface area contributed by atoms with Crippen molar-refractivity contribution >= 4 is 17.5 Å². The smallest absolute Gasteiger partial charge is 0.255 e. The zero-order valence-electron chi connectivity index (χ0n) is 18.4. The number of primary amides is 1. The minimum atomic E-state index is -0.654. The molecule has 0 aliphatic rings. The molecule has 3 aromatic carbocycles. The van der Waals surface area contributed by atoms with Gasteiger partial charge in [-0.05, 0) is 48.5 Å². The molecule has 3 aromatic rings. The summed E-state index contributed by atoms with van der Waals surface area (Å²) in [4.78, 5) is 23.8. The lowest BCUT2D eigenvalue weighted by molar-refractivity contribution is -0.120. The molecule has 172 valence electrons. The van der Waals surface area contributed by atoms with Crippen LogP contribution in [0.4, 0.5) is 5.69 Å². The standard InChI is InChI=1S/C24H24N2O7/c1-29-18-6-4-5-7-19(18)33-17-10-8-16(9-11-17)26-24(28)15-12-20(30-2)23(21(13-15)31-3)32-14-22(25)27/h4-13H,14H2,1-3H3,(H2,25,27)(H,26,28). The van der Waals surface area contributed by atoms with Gasteiger partial charge in [0.25, 0.3) is 11.8 Å². The lowest BCUT2D eigenvalue weighted by Gasteiger charge is -2.15. The first-order chi connectivity index (χ1) is 15.9. The number of benzene rings is 3.